The molecule has 1 atom stereocenters. The summed E-state index contributed by atoms with van der Waals surface area (Å²) in [5.41, 5.74) is 1.75. The highest BCUT2D eigenvalue weighted by Crippen LogP contribution is 2.59. The third-order valence-electron chi connectivity index (χ3n) is 2.62. The molecule has 0 unspecified atom stereocenters. The lowest BCUT2D eigenvalue weighted by Gasteiger charge is -2.04. The lowest BCUT2D eigenvalue weighted by atomic mass is 10.1. The van der Waals surface area contributed by atoms with Crippen LogP contribution in [0.4, 0.5) is 0 Å². The Morgan fingerprint density at radius 2 is 1.81 bits per heavy atom. The van der Waals surface area contributed by atoms with Crippen molar-refractivity contribution in [3.8, 4) is 0 Å². The van der Waals surface area contributed by atoms with Crippen molar-refractivity contribution in [1.29, 1.82) is 0 Å². The van der Waals surface area contributed by atoms with Crippen molar-refractivity contribution in [2.24, 2.45) is 0 Å². The molecule has 0 N–H and O–H groups in total. The number of benzene rings is 1. The number of carbonyl (C=O) groups is 1. The Morgan fingerprint density at radius 1 is 1.31 bits per heavy atom. The van der Waals surface area contributed by atoms with Gasteiger partial charge in [-0.3, -0.25) is 4.79 Å². The summed E-state index contributed by atoms with van der Waals surface area (Å²) < 4.78 is -0.953. The van der Waals surface area contributed by atoms with E-state index in [1.165, 1.54) is 0 Å². The summed E-state index contributed by atoms with van der Waals surface area (Å²) in [5, 5.41) is 0. The van der Waals surface area contributed by atoms with E-state index in [2.05, 4.69) is 31.9 Å². The topological polar surface area (TPSA) is 17.1 Å². The molecule has 1 aliphatic rings. The van der Waals surface area contributed by atoms with E-state index in [9.17, 15) is 4.79 Å². The fourth-order valence-electron chi connectivity index (χ4n) is 1.58. The summed E-state index contributed by atoms with van der Waals surface area (Å²) in [6.45, 7) is 0. The normalized spacial score (nSPS) is 22.2. The van der Waals surface area contributed by atoms with Crippen LogP contribution in [0.3, 0.4) is 0 Å². The van der Waals surface area contributed by atoms with Gasteiger partial charge in [0.25, 0.3) is 0 Å². The van der Waals surface area contributed by atoms with Crippen LogP contribution in [0, 0.1) is 0 Å². The Labute approximate surface area is 121 Å². The molecule has 1 aromatic rings. The largest absolute Gasteiger partial charge is 0.292 e. The molecule has 5 heteroatoms. The number of hydrogen-bond donors (Lipinski definition) is 0. The van der Waals surface area contributed by atoms with E-state index in [1.807, 2.05) is 12.1 Å². The van der Waals surface area contributed by atoms with E-state index in [0.717, 1.165) is 12.0 Å². The van der Waals surface area contributed by atoms with Crippen molar-refractivity contribution in [2.45, 2.75) is 20.4 Å². The van der Waals surface area contributed by atoms with Crippen molar-refractivity contribution in [3.63, 3.8) is 0 Å². The molecule has 1 aliphatic carbocycles. The van der Waals surface area contributed by atoms with Crippen LogP contribution in [-0.2, 0) is 0 Å². The van der Waals surface area contributed by atoms with Crippen LogP contribution in [0.15, 0.2) is 24.3 Å². The molecule has 86 valence electrons. The zero-order valence-electron chi connectivity index (χ0n) is 8.09. The fraction of sp³-hybridized carbons (Fsp3) is 0.364. The molecule has 1 saturated carbocycles. The van der Waals surface area contributed by atoms with Crippen molar-refractivity contribution < 1.29 is 4.79 Å². The predicted octanol–water partition coefficient (Wildman–Crippen LogP) is 4.65. The Kier molecular flexibility index (Phi) is 3.70. The molecule has 0 bridgehead atoms. The standard InChI is InChI=1S/C11H8Br2Cl2O/c12-10(13)9(16)7-3-1-6(2-4-7)8-5-11(8,14)15/h1-4,8,10H,5H2/t8-/m0/s1. The molecule has 0 heterocycles. The van der Waals surface area contributed by atoms with Crippen LogP contribution >= 0.6 is 55.1 Å². The van der Waals surface area contributed by atoms with E-state index >= 15 is 0 Å². The SMILES string of the molecule is O=C(c1ccc([C@@H]2CC2(Cl)Cl)cc1)C(Br)Br. The van der Waals surface area contributed by atoms with Gasteiger partial charge in [-0.1, -0.05) is 56.1 Å². The summed E-state index contributed by atoms with van der Waals surface area (Å²) >= 11 is 18.3. The quantitative estimate of drug-likeness (QED) is 0.546. The Balaban J connectivity index is 2.15. The first-order chi connectivity index (χ1) is 7.42. The van der Waals surface area contributed by atoms with Crippen LogP contribution in [0.5, 0.6) is 0 Å². The molecule has 0 aromatic heterocycles. The van der Waals surface area contributed by atoms with Gasteiger partial charge in [0.15, 0.2) is 5.78 Å². The van der Waals surface area contributed by atoms with Gasteiger partial charge >= 0.3 is 0 Å². The zero-order valence-corrected chi connectivity index (χ0v) is 12.8. The molecule has 1 aromatic carbocycles. The second-order valence-corrected chi connectivity index (χ2v) is 8.41. The number of rotatable bonds is 3. The highest BCUT2D eigenvalue weighted by molar-refractivity contribution is 9.25. The summed E-state index contributed by atoms with van der Waals surface area (Å²) in [6, 6.07) is 7.42. The first kappa shape index (κ1) is 12.9. The van der Waals surface area contributed by atoms with Gasteiger partial charge in [-0.25, -0.2) is 0 Å². The maximum Gasteiger partial charge on any atom is 0.187 e. The monoisotopic (exact) mass is 384 g/mol. The highest BCUT2D eigenvalue weighted by atomic mass is 79.9. The van der Waals surface area contributed by atoms with Crippen LogP contribution in [-0.4, -0.2) is 13.9 Å². The summed E-state index contributed by atoms with van der Waals surface area (Å²) in [5.74, 6) is 0.203. The summed E-state index contributed by atoms with van der Waals surface area (Å²) in [6.07, 6.45) is 0.781. The van der Waals surface area contributed by atoms with Crippen molar-refractivity contribution >= 4 is 60.8 Å². The van der Waals surface area contributed by atoms with Crippen LogP contribution < -0.4 is 0 Å². The number of Topliss-reactive ketones (excluding diaryl/α,β-unsaturated/α-hetero) is 1. The van der Waals surface area contributed by atoms with E-state index in [1.54, 1.807) is 12.1 Å². The molecule has 1 fully saturated rings. The number of carbonyl (C=O) groups excluding carboxylic acids is 1. The molecule has 0 spiro atoms. The number of alkyl halides is 4. The van der Waals surface area contributed by atoms with Gasteiger partial charge in [-0.05, 0) is 12.0 Å². The second kappa shape index (κ2) is 4.60. The summed E-state index contributed by atoms with van der Waals surface area (Å²) in [4.78, 5) is 11.6. The van der Waals surface area contributed by atoms with Gasteiger partial charge in [-0.15, -0.1) is 23.2 Å². The smallest absolute Gasteiger partial charge is 0.187 e. The average molecular weight is 387 g/mol. The lowest BCUT2D eigenvalue weighted by Crippen LogP contribution is -2.06. The Morgan fingerprint density at radius 3 is 2.19 bits per heavy atom. The van der Waals surface area contributed by atoms with Crippen LogP contribution in [0.1, 0.15) is 28.3 Å². The van der Waals surface area contributed by atoms with E-state index in [4.69, 9.17) is 23.2 Å². The zero-order chi connectivity index (χ0) is 11.9. The number of hydrogen-bond acceptors (Lipinski definition) is 1. The first-order valence-electron chi connectivity index (χ1n) is 4.72. The average Bonchev–Trinajstić information content (AvgIpc) is 2.87. The third kappa shape index (κ3) is 2.63. The Hall–Kier alpha value is 0.430. The minimum atomic E-state index is -0.612. The molecule has 0 radical (unpaired) electrons. The van der Waals surface area contributed by atoms with Crippen LogP contribution in [0.25, 0.3) is 0 Å². The van der Waals surface area contributed by atoms with Gasteiger partial charge in [-0.2, -0.15) is 0 Å². The van der Waals surface area contributed by atoms with E-state index in [-0.39, 0.29) is 15.4 Å². The number of halogens is 4. The van der Waals surface area contributed by atoms with Gasteiger partial charge < -0.3 is 0 Å². The predicted molar refractivity (Wildman–Crippen MR) is 74.2 cm³/mol. The van der Waals surface area contributed by atoms with Crippen molar-refractivity contribution in [2.75, 3.05) is 0 Å². The Bertz CT molecular complexity index is 414. The van der Waals surface area contributed by atoms with Gasteiger partial charge in [0.2, 0.25) is 0 Å². The minimum Gasteiger partial charge on any atom is -0.292 e. The molecule has 0 amide bonds. The van der Waals surface area contributed by atoms with Gasteiger partial charge in [0.05, 0.1) is 0 Å². The lowest BCUT2D eigenvalue weighted by molar-refractivity contribution is 0.101. The second-order valence-electron chi connectivity index (χ2n) is 3.80. The fourth-order valence-corrected chi connectivity index (χ4v) is 2.67. The first-order valence-corrected chi connectivity index (χ1v) is 7.30. The molecule has 16 heavy (non-hydrogen) atoms. The minimum absolute atomic E-state index is 0.00496. The molecule has 1 nitrogen and oxygen atoms in total. The highest BCUT2D eigenvalue weighted by Gasteiger charge is 2.52. The molecular weight excluding hydrogens is 379 g/mol. The molecule has 2 rings (SSSR count). The molecule has 0 saturated heterocycles. The maximum atomic E-state index is 11.6. The van der Waals surface area contributed by atoms with Crippen LogP contribution in [0.2, 0.25) is 0 Å². The van der Waals surface area contributed by atoms with E-state index in [0.29, 0.717) is 5.56 Å². The summed E-state index contributed by atoms with van der Waals surface area (Å²) in [7, 11) is 0. The molecule has 0 aliphatic heterocycles. The van der Waals surface area contributed by atoms with Crippen molar-refractivity contribution in [1.82, 2.24) is 0 Å². The van der Waals surface area contributed by atoms with Gasteiger partial charge in [0, 0.05) is 11.5 Å². The number of ketones is 1. The van der Waals surface area contributed by atoms with Crippen molar-refractivity contribution in [3.05, 3.63) is 35.4 Å². The van der Waals surface area contributed by atoms with E-state index < -0.39 is 4.33 Å². The van der Waals surface area contributed by atoms with Gasteiger partial charge in [0.1, 0.15) is 8.07 Å². The third-order valence-corrected chi connectivity index (χ3v) is 4.29. The molecular formula is C11H8Br2Cl2O. The maximum absolute atomic E-state index is 11.6.